The first-order valence-electron chi connectivity index (χ1n) is 10.9. The van der Waals surface area contributed by atoms with Gasteiger partial charge in [-0.1, -0.05) is 12.2 Å². The van der Waals surface area contributed by atoms with Crippen LogP contribution in [0.5, 0.6) is 0 Å². The third-order valence-corrected chi connectivity index (χ3v) is 6.02. The molecule has 4 aliphatic heterocycles. The number of ether oxygens (including phenoxy) is 2. The molecule has 4 atom stereocenters. The number of hydrogen-bond acceptors (Lipinski definition) is 8. The zero-order valence-electron chi connectivity index (χ0n) is 17.7. The van der Waals surface area contributed by atoms with Crippen LogP contribution < -0.4 is 4.90 Å². The molecule has 2 fully saturated rings. The fourth-order valence-electron chi connectivity index (χ4n) is 4.81. The van der Waals surface area contributed by atoms with Crippen LogP contribution in [0.2, 0.25) is 0 Å². The Morgan fingerprint density at radius 3 is 2.63 bits per heavy atom. The van der Waals surface area contributed by atoms with Crippen LogP contribution in [-0.4, -0.2) is 90.9 Å². The molecule has 30 heavy (non-hydrogen) atoms. The number of amidine groups is 1. The van der Waals surface area contributed by atoms with Crippen molar-refractivity contribution in [2.75, 3.05) is 50.8 Å². The molecule has 160 valence electrons. The molecule has 8 nitrogen and oxygen atoms in total. The van der Waals surface area contributed by atoms with Crippen molar-refractivity contribution in [3.63, 3.8) is 0 Å². The molecule has 0 aromatic carbocycles. The Labute approximate surface area is 177 Å². The lowest BCUT2D eigenvalue weighted by molar-refractivity contribution is -0.0489. The van der Waals surface area contributed by atoms with E-state index in [1.165, 1.54) is 0 Å². The Kier molecular flexibility index (Phi) is 5.54. The monoisotopic (exact) mass is 410 g/mol. The lowest BCUT2D eigenvalue weighted by atomic mass is 9.97. The summed E-state index contributed by atoms with van der Waals surface area (Å²) in [6.45, 7) is 9.86. The van der Waals surface area contributed by atoms with Crippen molar-refractivity contribution in [1.29, 1.82) is 0 Å². The first kappa shape index (κ1) is 19.7. The number of rotatable bonds is 2. The summed E-state index contributed by atoms with van der Waals surface area (Å²) in [5.41, 5.74) is 1.00. The summed E-state index contributed by atoms with van der Waals surface area (Å²) in [6, 6.07) is 4.06. The van der Waals surface area contributed by atoms with E-state index in [0.717, 1.165) is 56.9 Å². The van der Waals surface area contributed by atoms with E-state index in [9.17, 15) is 0 Å². The number of aliphatic imine (C=N–C) groups is 2. The molecule has 8 heteroatoms. The summed E-state index contributed by atoms with van der Waals surface area (Å²) in [5.74, 6) is 2.13. The highest BCUT2D eigenvalue weighted by atomic mass is 16.5. The van der Waals surface area contributed by atoms with E-state index in [-0.39, 0.29) is 24.3 Å². The molecule has 0 N–H and O–H groups in total. The molecule has 4 aliphatic rings. The molecular weight excluding hydrogens is 380 g/mol. The minimum atomic E-state index is 0.0283. The van der Waals surface area contributed by atoms with E-state index in [4.69, 9.17) is 19.5 Å². The van der Waals surface area contributed by atoms with Gasteiger partial charge in [0.2, 0.25) is 5.96 Å². The Hall–Kier alpha value is -2.29. The van der Waals surface area contributed by atoms with Gasteiger partial charge in [0.05, 0.1) is 49.8 Å². The number of pyridine rings is 1. The second-order valence-corrected chi connectivity index (χ2v) is 8.35. The fourth-order valence-corrected chi connectivity index (χ4v) is 4.81. The summed E-state index contributed by atoms with van der Waals surface area (Å²) >= 11 is 0. The van der Waals surface area contributed by atoms with E-state index in [2.05, 4.69) is 51.7 Å². The fraction of sp³-hybridized carbons (Fsp3) is 0.591. The van der Waals surface area contributed by atoms with Gasteiger partial charge in [-0.3, -0.25) is 19.8 Å². The molecule has 0 radical (unpaired) electrons. The average molecular weight is 411 g/mol. The predicted molar refractivity (Wildman–Crippen MR) is 117 cm³/mol. The average Bonchev–Trinajstić information content (AvgIpc) is 2.78. The third kappa shape index (κ3) is 3.75. The molecule has 1 aromatic rings. The maximum absolute atomic E-state index is 6.00. The van der Waals surface area contributed by atoms with Crippen molar-refractivity contribution in [3.8, 4) is 0 Å². The van der Waals surface area contributed by atoms with Gasteiger partial charge >= 0.3 is 0 Å². The van der Waals surface area contributed by atoms with Crippen molar-refractivity contribution in [3.05, 3.63) is 36.7 Å². The number of fused-ring (bicyclic) bond motifs is 1. The second kappa shape index (κ2) is 8.45. The molecule has 1 aromatic heterocycles. The van der Waals surface area contributed by atoms with Crippen molar-refractivity contribution in [2.45, 2.75) is 32.2 Å². The van der Waals surface area contributed by atoms with Gasteiger partial charge in [0.15, 0.2) is 0 Å². The Bertz CT molecular complexity index is 825. The van der Waals surface area contributed by atoms with E-state index in [1.807, 2.05) is 12.3 Å². The van der Waals surface area contributed by atoms with E-state index >= 15 is 0 Å². The van der Waals surface area contributed by atoms with E-state index in [1.54, 1.807) is 6.20 Å². The zero-order chi connectivity index (χ0) is 20.5. The molecule has 5 rings (SSSR count). The smallest absolute Gasteiger partial charge is 0.208 e. The molecule has 0 bridgehead atoms. The number of anilines is 1. The second-order valence-electron chi connectivity index (χ2n) is 8.35. The van der Waals surface area contributed by atoms with Gasteiger partial charge in [-0.15, -0.1) is 0 Å². The largest absolute Gasteiger partial charge is 0.379 e. The van der Waals surface area contributed by atoms with Crippen LogP contribution in [0, 0.1) is 5.92 Å². The number of guanidine groups is 1. The molecule has 5 heterocycles. The maximum atomic E-state index is 6.00. The zero-order valence-corrected chi connectivity index (χ0v) is 17.7. The van der Waals surface area contributed by atoms with Gasteiger partial charge in [0.25, 0.3) is 0 Å². The predicted octanol–water partition coefficient (Wildman–Crippen LogP) is 1.61. The van der Waals surface area contributed by atoms with Crippen molar-refractivity contribution in [2.24, 2.45) is 15.9 Å². The quantitative estimate of drug-likeness (QED) is 0.691. The summed E-state index contributed by atoms with van der Waals surface area (Å²) < 4.78 is 11.6. The van der Waals surface area contributed by atoms with Gasteiger partial charge in [0.1, 0.15) is 12.0 Å². The summed E-state index contributed by atoms with van der Waals surface area (Å²) in [7, 11) is 0. The SMILES string of the molecule is CC1CN(C2=NC(N3CCOCC3)C3C=CCN=C3N2c2cccnc2)CC(C)O1. The molecule has 0 amide bonds. The summed E-state index contributed by atoms with van der Waals surface area (Å²) in [6.07, 6.45) is 8.47. The van der Waals surface area contributed by atoms with Gasteiger partial charge in [-0.2, -0.15) is 0 Å². The Balaban J connectivity index is 1.59. The van der Waals surface area contributed by atoms with Gasteiger partial charge in [-0.05, 0) is 26.0 Å². The first-order valence-corrected chi connectivity index (χ1v) is 10.9. The standard InChI is InChI=1S/C22H30N6O2/c1-16-14-27(15-17(2)30-16)22-25-21(26-9-11-29-12-10-26)19-6-4-8-24-20(19)28(22)18-5-3-7-23-13-18/h3-7,13,16-17,19,21H,8-12,14-15H2,1-2H3. The molecule has 0 aliphatic carbocycles. The van der Waals surface area contributed by atoms with Gasteiger partial charge in [-0.25, -0.2) is 4.99 Å². The molecule has 0 saturated carbocycles. The minimum absolute atomic E-state index is 0.0283. The number of nitrogens with zero attached hydrogens (tertiary/aromatic N) is 6. The maximum Gasteiger partial charge on any atom is 0.208 e. The molecule has 2 saturated heterocycles. The number of aromatic nitrogens is 1. The van der Waals surface area contributed by atoms with Gasteiger partial charge in [0, 0.05) is 32.4 Å². The molecule has 4 unspecified atom stereocenters. The van der Waals surface area contributed by atoms with Crippen molar-refractivity contribution >= 4 is 17.5 Å². The number of hydrogen-bond donors (Lipinski definition) is 0. The van der Waals surface area contributed by atoms with Gasteiger partial charge < -0.3 is 14.4 Å². The summed E-state index contributed by atoms with van der Waals surface area (Å²) in [5, 5.41) is 0. The molecule has 0 spiro atoms. The van der Waals surface area contributed by atoms with E-state index < -0.39 is 0 Å². The first-order chi connectivity index (χ1) is 14.7. The van der Waals surface area contributed by atoms with E-state index in [0.29, 0.717) is 6.54 Å². The minimum Gasteiger partial charge on any atom is -0.379 e. The highest BCUT2D eigenvalue weighted by Crippen LogP contribution is 2.32. The molecular formula is C22H30N6O2. The van der Waals surface area contributed by atoms with Crippen LogP contribution in [0.25, 0.3) is 0 Å². The lowest BCUT2D eigenvalue weighted by Gasteiger charge is -2.48. The topological polar surface area (TPSA) is 65.8 Å². The number of dihydropyridines is 1. The highest BCUT2D eigenvalue weighted by Gasteiger charge is 2.42. The van der Waals surface area contributed by atoms with Crippen molar-refractivity contribution in [1.82, 2.24) is 14.8 Å². The third-order valence-electron chi connectivity index (χ3n) is 6.02. The van der Waals surface area contributed by atoms with Crippen LogP contribution in [0.1, 0.15) is 13.8 Å². The Morgan fingerprint density at radius 1 is 1.10 bits per heavy atom. The van der Waals surface area contributed by atoms with Crippen LogP contribution in [-0.2, 0) is 9.47 Å². The van der Waals surface area contributed by atoms with Crippen LogP contribution >= 0.6 is 0 Å². The number of morpholine rings is 2. The van der Waals surface area contributed by atoms with Crippen LogP contribution in [0.4, 0.5) is 5.69 Å². The lowest BCUT2D eigenvalue weighted by Crippen LogP contribution is -2.62. The Morgan fingerprint density at radius 2 is 1.90 bits per heavy atom. The van der Waals surface area contributed by atoms with Crippen molar-refractivity contribution < 1.29 is 9.47 Å². The highest BCUT2D eigenvalue weighted by molar-refractivity contribution is 6.21. The van der Waals surface area contributed by atoms with Crippen LogP contribution in [0.15, 0.2) is 46.7 Å². The van der Waals surface area contributed by atoms with Crippen LogP contribution in [0.3, 0.4) is 0 Å². The normalized spacial score (nSPS) is 32.5. The summed E-state index contributed by atoms with van der Waals surface area (Å²) in [4.78, 5) is 21.7.